The zero-order chi connectivity index (χ0) is 19.1. The van der Waals surface area contributed by atoms with Gasteiger partial charge >= 0.3 is 0 Å². The van der Waals surface area contributed by atoms with Gasteiger partial charge in [-0.05, 0) is 61.5 Å². The number of rotatable bonds is 8. The van der Waals surface area contributed by atoms with Gasteiger partial charge in [0.05, 0.1) is 6.61 Å². The summed E-state index contributed by atoms with van der Waals surface area (Å²) in [4.78, 5) is 4.68. The van der Waals surface area contributed by atoms with Gasteiger partial charge in [-0.15, -0.1) is 0 Å². The van der Waals surface area contributed by atoms with E-state index in [0.717, 1.165) is 63.1 Å². The summed E-state index contributed by atoms with van der Waals surface area (Å²) in [6, 6.07) is 14.6. The highest BCUT2D eigenvalue weighted by Crippen LogP contribution is 2.29. The molecule has 2 aromatic rings. The maximum Gasteiger partial charge on any atom is 0.119 e. The monoisotopic (exact) mass is 387 g/mol. The summed E-state index contributed by atoms with van der Waals surface area (Å²) < 4.78 is 6.02. The first-order valence-electron chi connectivity index (χ1n) is 9.71. The van der Waals surface area contributed by atoms with E-state index in [4.69, 9.17) is 16.3 Å². The number of benzene rings is 2. The Hall–Kier alpha value is -1.59. The molecular weight excluding hydrogens is 358 g/mol. The average molecular weight is 388 g/mol. The van der Waals surface area contributed by atoms with E-state index in [1.165, 1.54) is 16.7 Å². The van der Waals surface area contributed by atoms with Crippen molar-refractivity contribution < 1.29 is 4.74 Å². The summed E-state index contributed by atoms with van der Waals surface area (Å²) in [6.07, 6.45) is 1.03. The number of hydrogen-bond acceptors (Lipinski definition) is 4. The molecule has 1 aliphatic heterocycles. The molecule has 0 aliphatic carbocycles. The van der Waals surface area contributed by atoms with Gasteiger partial charge in [0.1, 0.15) is 5.75 Å². The van der Waals surface area contributed by atoms with Crippen molar-refractivity contribution in [3.8, 4) is 16.9 Å². The molecule has 0 bridgehead atoms. The fraction of sp³-hybridized carbons (Fsp3) is 0.455. The van der Waals surface area contributed by atoms with Gasteiger partial charge < -0.3 is 15.0 Å². The number of halogens is 1. The van der Waals surface area contributed by atoms with E-state index in [-0.39, 0.29) is 0 Å². The first kappa shape index (κ1) is 20.2. The lowest BCUT2D eigenvalue weighted by Gasteiger charge is -2.28. The molecule has 0 aromatic heterocycles. The van der Waals surface area contributed by atoms with Crippen LogP contribution in [0.4, 0.5) is 0 Å². The maximum atomic E-state index is 6.07. The molecule has 0 saturated carbocycles. The summed E-state index contributed by atoms with van der Waals surface area (Å²) in [5.41, 5.74) is 3.76. The summed E-state index contributed by atoms with van der Waals surface area (Å²) >= 11 is 6.07. The Balaban J connectivity index is 1.77. The number of nitrogens with zero attached hydrogens (tertiary/aromatic N) is 2. The highest BCUT2D eigenvalue weighted by Gasteiger charge is 2.14. The molecule has 2 aromatic carbocycles. The molecule has 1 fully saturated rings. The highest BCUT2D eigenvalue weighted by atomic mass is 35.5. The second-order valence-electron chi connectivity index (χ2n) is 7.36. The molecule has 0 radical (unpaired) electrons. The zero-order valence-corrected chi connectivity index (χ0v) is 17.1. The van der Waals surface area contributed by atoms with Crippen LogP contribution in [-0.2, 0) is 6.54 Å². The summed E-state index contributed by atoms with van der Waals surface area (Å²) in [6.45, 7) is 6.98. The van der Waals surface area contributed by atoms with Gasteiger partial charge in [-0.25, -0.2) is 0 Å². The SMILES string of the molecule is CN(C)CCCOc1ccc(-c2ccc(Cl)cc2)c(CN2CCNCC2)c1. The van der Waals surface area contributed by atoms with Crippen LogP contribution < -0.4 is 10.1 Å². The quantitative estimate of drug-likeness (QED) is 0.698. The lowest BCUT2D eigenvalue weighted by Crippen LogP contribution is -2.42. The van der Waals surface area contributed by atoms with E-state index in [1.807, 2.05) is 12.1 Å². The van der Waals surface area contributed by atoms with Crippen LogP contribution in [-0.4, -0.2) is 63.2 Å². The average Bonchev–Trinajstić information content (AvgIpc) is 2.67. The van der Waals surface area contributed by atoms with Crippen LogP contribution in [0.3, 0.4) is 0 Å². The Morgan fingerprint density at radius 2 is 1.81 bits per heavy atom. The van der Waals surface area contributed by atoms with Crippen molar-refractivity contribution in [1.82, 2.24) is 15.1 Å². The van der Waals surface area contributed by atoms with E-state index in [0.29, 0.717) is 0 Å². The van der Waals surface area contributed by atoms with Crippen LogP contribution in [0.2, 0.25) is 5.02 Å². The minimum atomic E-state index is 0.742. The molecule has 0 spiro atoms. The predicted molar refractivity (Wildman–Crippen MR) is 114 cm³/mol. The first-order chi connectivity index (χ1) is 13.1. The molecule has 0 amide bonds. The van der Waals surface area contributed by atoms with Crippen LogP contribution in [0.5, 0.6) is 5.75 Å². The second kappa shape index (κ2) is 10.1. The van der Waals surface area contributed by atoms with Crippen LogP contribution >= 0.6 is 11.6 Å². The molecular formula is C22H30ClN3O. The molecule has 0 atom stereocenters. The molecule has 5 heteroatoms. The normalized spacial score (nSPS) is 15.3. The fourth-order valence-corrected chi connectivity index (χ4v) is 3.51. The van der Waals surface area contributed by atoms with Crippen molar-refractivity contribution in [1.29, 1.82) is 0 Å². The lowest BCUT2D eigenvalue weighted by atomic mass is 9.98. The third-order valence-electron chi connectivity index (χ3n) is 4.85. The van der Waals surface area contributed by atoms with Crippen LogP contribution in [0.1, 0.15) is 12.0 Å². The third kappa shape index (κ3) is 6.22. The van der Waals surface area contributed by atoms with E-state index >= 15 is 0 Å². The minimum Gasteiger partial charge on any atom is -0.494 e. The Labute approximate surface area is 168 Å². The van der Waals surface area contributed by atoms with Gasteiger partial charge in [-0.1, -0.05) is 29.8 Å². The van der Waals surface area contributed by atoms with Gasteiger partial charge in [0.25, 0.3) is 0 Å². The molecule has 1 aliphatic rings. The van der Waals surface area contributed by atoms with Crippen molar-refractivity contribution >= 4 is 11.6 Å². The zero-order valence-electron chi connectivity index (χ0n) is 16.4. The van der Waals surface area contributed by atoms with Crippen LogP contribution in [0, 0.1) is 0 Å². The Morgan fingerprint density at radius 1 is 1.07 bits per heavy atom. The van der Waals surface area contributed by atoms with Crippen molar-refractivity contribution in [3.63, 3.8) is 0 Å². The van der Waals surface area contributed by atoms with Gasteiger partial charge in [-0.2, -0.15) is 0 Å². The molecule has 4 nitrogen and oxygen atoms in total. The summed E-state index contributed by atoms with van der Waals surface area (Å²) in [5, 5.41) is 4.19. The van der Waals surface area contributed by atoms with Crippen molar-refractivity contribution in [2.24, 2.45) is 0 Å². The van der Waals surface area contributed by atoms with E-state index < -0.39 is 0 Å². The number of piperazine rings is 1. The van der Waals surface area contributed by atoms with Crippen molar-refractivity contribution in [3.05, 3.63) is 53.1 Å². The van der Waals surface area contributed by atoms with Gasteiger partial charge in [0.2, 0.25) is 0 Å². The molecule has 146 valence electrons. The van der Waals surface area contributed by atoms with E-state index in [2.05, 4.69) is 59.5 Å². The standard InChI is InChI=1S/C22H30ClN3O/c1-25(2)12-3-15-27-21-8-9-22(18-4-6-20(23)7-5-18)19(16-21)17-26-13-10-24-11-14-26/h4-9,16,24H,3,10-15,17H2,1-2H3. The van der Waals surface area contributed by atoms with Crippen LogP contribution in [0.15, 0.2) is 42.5 Å². The predicted octanol–water partition coefficient (Wildman–Crippen LogP) is 3.74. The Morgan fingerprint density at radius 3 is 2.52 bits per heavy atom. The Bertz CT molecular complexity index is 712. The minimum absolute atomic E-state index is 0.742. The number of nitrogens with one attached hydrogen (secondary N) is 1. The maximum absolute atomic E-state index is 6.07. The largest absolute Gasteiger partial charge is 0.494 e. The number of ether oxygens (including phenoxy) is 1. The molecule has 1 saturated heterocycles. The van der Waals surface area contributed by atoms with Gasteiger partial charge in [-0.3, -0.25) is 4.90 Å². The lowest BCUT2D eigenvalue weighted by molar-refractivity contribution is 0.232. The van der Waals surface area contributed by atoms with Crippen molar-refractivity contribution in [2.75, 3.05) is 53.4 Å². The highest BCUT2D eigenvalue weighted by molar-refractivity contribution is 6.30. The van der Waals surface area contributed by atoms with E-state index in [9.17, 15) is 0 Å². The first-order valence-corrected chi connectivity index (χ1v) is 10.1. The molecule has 1 heterocycles. The second-order valence-corrected chi connectivity index (χ2v) is 7.79. The molecule has 1 N–H and O–H groups in total. The Kier molecular flexibility index (Phi) is 7.53. The molecule has 27 heavy (non-hydrogen) atoms. The summed E-state index contributed by atoms with van der Waals surface area (Å²) in [5.74, 6) is 0.955. The topological polar surface area (TPSA) is 27.7 Å². The van der Waals surface area contributed by atoms with Gasteiger partial charge in [0, 0.05) is 44.3 Å². The van der Waals surface area contributed by atoms with Crippen LogP contribution in [0.25, 0.3) is 11.1 Å². The summed E-state index contributed by atoms with van der Waals surface area (Å²) in [7, 11) is 4.18. The number of hydrogen-bond donors (Lipinski definition) is 1. The smallest absolute Gasteiger partial charge is 0.119 e. The van der Waals surface area contributed by atoms with Crippen molar-refractivity contribution in [2.45, 2.75) is 13.0 Å². The van der Waals surface area contributed by atoms with E-state index in [1.54, 1.807) is 0 Å². The fourth-order valence-electron chi connectivity index (χ4n) is 3.38. The molecule has 3 rings (SSSR count). The third-order valence-corrected chi connectivity index (χ3v) is 5.11. The molecule has 0 unspecified atom stereocenters. The van der Waals surface area contributed by atoms with Gasteiger partial charge in [0.15, 0.2) is 0 Å².